The van der Waals surface area contributed by atoms with Gasteiger partial charge in [0.15, 0.2) is 5.58 Å². The fourth-order valence-electron chi connectivity index (χ4n) is 2.66. The molecule has 3 aromatic rings. The second-order valence-corrected chi connectivity index (χ2v) is 6.07. The molecule has 3 rings (SSSR count). The van der Waals surface area contributed by atoms with Crippen LogP contribution in [0.2, 0.25) is 0 Å². The molecule has 1 aromatic carbocycles. The minimum atomic E-state index is -0.104. The van der Waals surface area contributed by atoms with Crippen LogP contribution >= 0.6 is 0 Å². The lowest BCUT2D eigenvalue weighted by atomic mass is 10.3. The summed E-state index contributed by atoms with van der Waals surface area (Å²) in [5, 5.41) is 2.95. The van der Waals surface area contributed by atoms with Crippen LogP contribution in [0.4, 0.5) is 0 Å². The molecule has 2 heterocycles. The summed E-state index contributed by atoms with van der Waals surface area (Å²) in [5.41, 5.74) is 2.19. The van der Waals surface area contributed by atoms with Gasteiger partial charge in [-0.15, -0.1) is 0 Å². The normalized spacial score (nSPS) is 11.2. The predicted octanol–water partition coefficient (Wildman–Crippen LogP) is 2.60. The van der Waals surface area contributed by atoms with Crippen molar-refractivity contribution < 1.29 is 13.9 Å². The number of para-hydroxylation sites is 1. The van der Waals surface area contributed by atoms with E-state index in [1.165, 1.54) is 0 Å². The number of likely N-dealkylation sites (N-methyl/N-ethyl adjacent to an activating group) is 1. The fourth-order valence-corrected chi connectivity index (χ4v) is 2.66. The molecule has 2 aromatic heterocycles. The zero-order valence-electron chi connectivity index (χ0n) is 14.6. The number of rotatable bonds is 8. The number of fused-ring (bicyclic) bond motifs is 1. The summed E-state index contributed by atoms with van der Waals surface area (Å²) < 4.78 is 13.1. The summed E-state index contributed by atoms with van der Waals surface area (Å²) in [6.45, 7) is 2.42. The molecule has 0 aliphatic carbocycles. The third-order valence-corrected chi connectivity index (χ3v) is 3.93. The summed E-state index contributed by atoms with van der Waals surface area (Å²) in [5.74, 6) is 0.711. The van der Waals surface area contributed by atoms with Gasteiger partial charge in [-0.1, -0.05) is 18.2 Å². The van der Waals surface area contributed by atoms with Crippen LogP contribution in [0.3, 0.4) is 0 Å². The lowest BCUT2D eigenvalue weighted by molar-refractivity contribution is 0.0941. The monoisotopic (exact) mass is 341 g/mol. The Kier molecular flexibility index (Phi) is 5.40. The third-order valence-electron chi connectivity index (χ3n) is 3.93. The predicted molar refractivity (Wildman–Crippen MR) is 97.0 cm³/mol. The molecule has 132 valence electrons. The number of aromatic nitrogens is 1. The summed E-state index contributed by atoms with van der Waals surface area (Å²) in [6.07, 6.45) is 1.63. The molecule has 1 N–H and O–H groups in total. The van der Waals surface area contributed by atoms with Gasteiger partial charge in [-0.3, -0.25) is 4.79 Å². The van der Waals surface area contributed by atoms with Gasteiger partial charge in [-0.05, 0) is 26.2 Å². The van der Waals surface area contributed by atoms with Crippen LogP contribution in [-0.4, -0.2) is 49.2 Å². The number of hydrogen-bond acceptors (Lipinski definition) is 4. The molecular weight excluding hydrogens is 318 g/mol. The van der Waals surface area contributed by atoms with Gasteiger partial charge >= 0.3 is 0 Å². The minimum Gasteiger partial charge on any atom is -0.492 e. The van der Waals surface area contributed by atoms with Crippen molar-refractivity contribution in [1.82, 2.24) is 14.8 Å². The average molecular weight is 341 g/mol. The first-order valence-electron chi connectivity index (χ1n) is 8.32. The van der Waals surface area contributed by atoms with Gasteiger partial charge in [-0.2, -0.15) is 0 Å². The summed E-state index contributed by atoms with van der Waals surface area (Å²) in [7, 11) is 3.95. The Balaban J connectivity index is 1.69. The van der Waals surface area contributed by atoms with Crippen LogP contribution in [-0.2, 0) is 6.54 Å². The molecule has 0 saturated carbocycles. The van der Waals surface area contributed by atoms with E-state index in [4.69, 9.17) is 9.15 Å². The SMILES string of the molecule is CN(C)CCNC(=O)c1cc2occc2n1CCOc1ccccc1. The van der Waals surface area contributed by atoms with Gasteiger partial charge in [0.2, 0.25) is 0 Å². The first-order chi connectivity index (χ1) is 12.1. The van der Waals surface area contributed by atoms with E-state index in [-0.39, 0.29) is 5.91 Å². The van der Waals surface area contributed by atoms with E-state index in [1.807, 2.05) is 60.0 Å². The zero-order valence-corrected chi connectivity index (χ0v) is 14.6. The first kappa shape index (κ1) is 17.1. The maximum Gasteiger partial charge on any atom is 0.268 e. The number of amides is 1. The molecule has 1 amide bonds. The maximum absolute atomic E-state index is 12.5. The van der Waals surface area contributed by atoms with E-state index in [0.29, 0.717) is 31.0 Å². The van der Waals surface area contributed by atoms with Crippen LogP contribution in [0.5, 0.6) is 5.75 Å². The van der Waals surface area contributed by atoms with Crippen LogP contribution in [0.25, 0.3) is 11.1 Å². The standard InChI is InChI=1S/C19H23N3O3/c1-21(2)10-9-20-19(23)17-14-18-16(8-12-25-18)22(17)11-13-24-15-6-4-3-5-7-15/h3-8,12,14H,9-11,13H2,1-2H3,(H,20,23). The largest absolute Gasteiger partial charge is 0.492 e. The van der Waals surface area contributed by atoms with Gasteiger partial charge in [0.05, 0.1) is 18.3 Å². The van der Waals surface area contributed by atoms with Crippen molar-refractivity contribution in [3.63, 3.8) is 0 Å². The van der Waals surface area contributed by atoms with Crippen molar-refractivity contribution in [3.05, 3.63) is 54.4 Å². The average Bonchev–Trinajstić information content (AvgIpc) is 3.17. The third kappa shape index (κ3) is 4.22. The van der Waals surface area contributed by atoms with Crippen molar-refractivity contribution in [2.45, 2.75) is 6.54 Å². The summed E-state index contributed by atoms with van der Waals surface area (Å²) in [4.78, 5) is 14.5. The summed E-state index contributed by atoms with van der Waals surface area (Å²) >= 11 is 0. The topological polar surface area (TPSA) is 59.6 Å². The quantitative estimate of drug-likeness (QED) is 0.684. The number of nitrogens with zero attached hydrogens (tertiary/aromatic N) is 2. The van der Waals surface area contributed by atoms with Crippen molar-refractivity contribution >= 4 is 17.0 Å². The Hall–Kier alpha value is -2.73. The second kappa shape index (κ2) is 7.90. The van der Waals surface area contributed by atoms with Crippen molar-refractivity contribution in [2.24, 2.45) is 0 Å². The molecule has 0 atom stereocenters. The number of carbonyl (C=O) groups is 1. The minimum absolute atomic E-state index is 0.104. The maximum atomic E-state index is 12.5. The van der Waals surface area contributed by atoms with Gasteiger partial charge < -0.3 is 23.9 Å². The Morgan fingerprint density at radius 1 is 1.24 bits per heavy atom. The van der Waals surface area contributed by atoms with Gasteiger partial charge in [0.25, 0.3) is 5.91 Å². The van der Waals surface area contributed by atoms with Gasteiger partial charge in [-0.25, -0.2) is 0 Å². The lowest BCUT2D eigenvalue weighted by Gasteiger charge is -2.13. The highest BCUT2D eigenvalue weighted by Gasteiger charge is 2.17. The number of carbonyl (C=O) groups excluding carboxylic acids is 1. The van der Waals surface area contributed by atoms with Gasteiger partial charge in [0, 0.05) is 25.2 Å². The molecule has 0 fully saturated rings. The molecule has 0 aliphatic rings. The van der Waals surface area contributed by atoms with Crippen LogP contribution in [0.1, 0.15) is 10.5 Å². The van der Waals surface area contributed by atoms with E-state index in [9.17, 15) is 4.79 Å². The zero-order chi connectivity index (χ0) is 17.6. The highest BCUT2D eigenvalue weighted by atomic mass is 16.5. The molecule has 0 unspecified atom stereocenters. The first-order valence-corrected chi connectivity index (χ1v) is 8.32. The van der Waals surface area contributed by atoms with Crippen molar-refractivity contribution in [2.75, 3.05) is 33.8 Å². The number of furan rings is 1. The van der Waals surface area contributed by atoms with Crippen LogP contribution < -0.4 is 10.1 Å². The number of nitrogens with one attached hydrogen (secondary N) is 1. The number of benzene rings is 1. The van der Waals surface area contributed by atoms with Gasteiger partial charge in [0.1, 0.15) is 18.1 Å². The fraction of sp³-hybridized carbons (Fsp3) is 0.316. The molecule has 0 saturated heterocycles. The highest BCUT2D eigenvalue weighted by Crippen LogP contribution is 2.21. The highest BCUT2D eigenvalue weighted by molar-refractivity contribution is 5.97. The Bertz CT molecular complexity index is 821. The Labute approximate surface area is 147 Å². The molecular formula is C19H23N3O3. The second-order valence-electron chi connectivity index (χ2n) is 6.07. The van der Waals surface area contributed by atoms with Crippen LogP contribution in [0, 0.1) is 0 Å². The Morgan fingerprint density at radius 2 is 2.04 bits per heavy atom. The van der Waals surface area contributed by atoms with E-state index >= 15 is 0 Å². The van der Waals surface area contributed by atoms with E-state index in [0.717, 1.165) is 17.8 Å². The molecule has 0 radical (unpaired) electrons. The number of ether oxygens (including phenoxy) is 1. The van der Waals surface area contributed by atoms with Crippen LogP contribution in [0.15, 0.2) is 53.1 Å². The Morgan fingerprint density at radius 3 is 2.80 bits per heavy atom. The summed E-state index contributed by atoms with van der Waals surface area (Å²) in [6, 6.07) is 13.3. The molecule has 0 aliphatic heterocycles. The molecule has 6 heteroatoms. The molecule has 0 bridgehead atoms. The van der Waals surface area contributed by atoms with Crippen molar-refractivity contribution in [1.29, 1.82) is 0 Å². The van der Waals surface area contributed by atoms with Crippen molar-refractivity contribution in [3.8, 4) is 5.75 Å². The molecule has 0 spiro atoms. The van der Waals surface area contributed by atoms with E-state index in [1.54, 1.807) is 12.3 Å². The smallest absolute Gasteiger partial charge is 0.268 e. The molecule has 6 nitrogen and oxygen atoms in total. The molecule has 25 heavy (non-hydrogen) atoms. The van der Waals surface area contributed by atoms with E-state index < -0.39 is 0 Å². The number of hydrogen-bond donors (Lipinski definition) is 1. The van der Waals surface area contributed by atoms with E-state index in [2.05, 4.69) is 5.32 Å². The lowest BCUT2D eigenvalue weighted by Crippen LogP contribution is -2.32.